The zero-order valence-electron chi connectivity index (χ0n) is 9.58. The minimum Gasteiger partial charge on any atom is -0.396 e. The second-order valence-electron chi connectivity index (χ2n) is 3.86. The number of nitrogen functional groups attached to an aromatic ring is 1. The van der Waals surface area contributed by atoms with Gasteiger partial charge in [-0.2, -0.15) is 13.2 Å². The van der Waals surface area contributed by atoms with Crippen LogP contribution >= 0.6 is 0 Å². The van der Waals surface area contributed by atoms with Gasteiger partial charge in [0.15, 0.2) is 0 Å². The van der Waals surface area contributed by atoms with Gasteiger partial charge in [-0.3, -0.25) is 4.79 Å². The Labute approximate surface area is 101 Å². The van der Waals surface area contributed by atoms with Crippen LogP contribution in [0.15, 0.2) is 12.1 Å². The number of carbonyl (C=O) groups is 1. The molecule has 0 aliphatic carbocycles. The van der Waals surface area contributed by atoms with Crippen LogP contribution in [0.3, 0.4) is 0 Å². The van der Waals surface area contributed by atoms with Crippen molar-refractivity contribution >= 4 is 17.4 Å². The van der Waals surface area contributed by atoms with E-state index < -0.39 is 24.5 Å². The molecule has 0 saturated carbocycles. The summed E-state index contributed by atoms with van der Waals surface area (Å²) < 4.78 is 36.5. The lowest BCUT2D eigenvalue weighted by Gasteiger charge is -2.17. The number of pyridine rings is 1. The maximum absolute atomic E-state index is 12.2. The third-order valence-electron chi connectivity index (χ3n) is 2.10. The second kappa shape index (κ2) is 5.11. The molecule has 1 unspecified atom stereocenters. The van der Waals surface area contributed by atoms with Crippen molar-refractivity contribution in [3.63, 3.8) is 0 Å². The van der Waals surface area contributed by atoms with Crippen LogP contribution < -0.4 is 16.8 Å². The van der Waals surface area contributed by atoms with Gasteiger partial charge in [-0.05, 0) is 19.1 Å². The first-order valence-electron chi connectivity index (χ1n) is 5.08. The summed E-state index contributed by atoms with van der Waals surface area (Å²) in [5.74, 6) is -0.760. The standard InChI is InChI=1S/C10H13F3N4O/c1-5(4-10(11,12)13)16-9-6(14)2-3-7(17-9)8(15)18/h2-3,5H,4,14H2,1H3,(H2,15,18)(H,16,17). The number of aromatic nitrogens is 1. The number of alkyl halides is 3. The zero-order chi connectivity index (χ0) is 13.9. The molecule has 0 radical (unpaired) electrons. The first kappa shape index (κ1) is 14.1. The van der Waals surface area contributed by atoms with E-state index in [1.54, 1.807) is 0 Å². The van der Waals surface area contributed by atoms with Crippen LogP contribution in [0.5, 0.6) is 0 Å². The van der Waals surface area contributed by atoms with Crippen molar-refractivity contribution in [2.24, 2.45) is 5.73 Å². The molecule has 0 spiro atoms. The topological polar surface area (TPSA) is 94.0 Å². The molecule has 1 aromatic heterocycles. The highest BCUT2D eigenvalue weighted by Crippen LogP contribution is 2.24. The van der Waals surface area contributed by atoms with E-state index in [1.165, 1.54) is 19.1 Å². The molecule has 1 amide bonds. The maximum Gasteiger partial charge on any atom is 0.391 e. The number of primary amides is 1. The molecule has 1 atom stereocenters. The highest BCUT2D eigenvalue weighted by atomic mass is 19.4. The van der Waals surface area contributed by atoms with E-state index in [0.717, 1.165) is 0 Å². The SMILES string of the molecule is CC(CC(F)(F)F)Nc1nc(C(N)=O)ccc1N. The molecule has 0 fully saturated rings. The molecule has 1 rings (SSSR count). The van der Waals surface area contributed by atoms with Crippen molar-refractivity contribution < 1.29 is 18.0 Å². The van der Waals surface area contributed by atoms with E-state index in [0.29, 0.717) is 0 Å². The lowest BCUT2D eigenvalue weighted by molar-refractivity contribution is -0.136. The van der Waals surface area contributed by atoms with E-state index in [2.05, 4.69) is 10.3 Å². The summed E-state index contributed by atoms with van der Waals surface area (Å²) in [6, 6.07) is 1.75. The van der Waals surface area contributed by atoms with Crippen LogP contribution in [0.4, 0.5) is 24.7 Å². The lowest BCUT2D eigenvalue weighted by Crippen LogP contribution is -2.25. The highest BCUT2D eigenvalue weighted by molar-refractivity contribution is 5.91. The van der Waals surface area contributed by atoms with Crippen molar-refractivity contribution in [1.82, 2.24) is 4.98 Å². The number of hydrogen-bond acceptors (Lipinski definition) is 4. The Kier molecular flexibility index (Phi) is 4.00. The number of rotatable bonds is 4. The van der Waals surface area contributed by atoms with Crippen molar-refractivity contribution in [2.45, 2.75) is 25.6 Å². The predicted octanol–water partition coefficient (Wildman–Crippen LogP) is 1.52. The molecule has 0 aromatic carbocycles. The Balaban J connectivity index is 2.83. The Hall–Kier alpha value is -1.99. The van der Waals surface area contributed by atoms with E-state index in [-0.39, 0.29) is 17.2 Å². The van der Waals surface area contributed by atoms with Gasteiger partial charge >= 0.3 is 6.18 Å². The molecule has 0 aliphatic heterocycles. The van der Waals surface area contributed by atoms with Gasteiger partial charge in [-0.15, -0.1) is 0 Å². The van der Waals surface area contributed by atoms with Crippen molar-refractivity contribution in [3.8, 4) is 0 Å². The lowest BCUT2D eigenvalue weighted by atomic mass is 10.2. The number of amides is 1. The first-order valence-corrected chi connectivity index (χ1v) is 5.08. The summed E-state index contributed by atoms with van der Waals surface area (Å²) in [7, 11) is 0. The summed E-state index contributed by atoms with van der Waals surface area (Å²) in [6.45, 7) is 1.34. The van der Waals surface area contributed by atoms with Crippen LogP contribution in [-0.2, 0) is 0 Å². The van der Waals surface area contributed by atoms with E-state index in [9.17, 15) is 18.0 Å². The summed E-state index contributed by atoms with van der Waals surface area (Å²) in [6.07, 6.45) is -5.32. The van der Waals surface area contributed by atoms with Gasteiger partial charge in [0.05, 0.1) is 12.1 Å². The molecule has 0 bridgehead atoms. The van der Waals surface area contributed by atoms with Gasteiger partial charge in [-0.1, -0.05) is 0 Å². The fourth-order valence-electron chi connectivity index (χ4n) is 1.35. The largest absolute Gasteiger partial charge is 0.396 e. The normalized spacial score (nSPS) is 13.1. The number of anilines is 2. The maximum atomic E-state index is 12.2. The molecule has 100 valence electrons. The number of nitrogens with two attached hydrogens (primary N) is 2. The predicted molar refractivity (Wildman–Crippen MR) is 60.9 cm³/mol. The fourth-order valence-corrected chi connectivity index (χ4v) is 1.35. The molecular weight excluding hydrogens is 249 g/mol. The number of nitrogens with one attached hydrogen (secondary N) is 1. The van der Waals surface area contributed by atoms with Gasteiger partial charge in [0.25, 0.3) is 5.91 Å². The second-order valence-corrected chi connectivity index (χ2v) is 3.86. The van der Waals surface area contributed by atoms with Crippen LogP contribution in [0, 0.1) is 0 Å². The molecular formula is C10H13F3N4O. The molecule has 0 aliphatic rings. The molecule has 1 aromatic rings. The van der Waals surface area contributed by atoms with Crippen LogP contribution in [-0.4, -0.2) is 23.1 Å². The third-order valence-corrected chi connectivity index (χ3v) is 2.10. The Morgan fingerprint density at radius 2 is 2.11 bits per heavy atom. The first-order chi connectivity index (χ1) is 8.19. The molecule has 0 saturated heterocycles. The number of carbonyl (C=O) groups excluding carboxylic acids is 1. The number of hydrogen-bond donors (Lipinski definition) is 3. The average Bonchev–Trinajstić information content (AvgIpc) is 2.18. The minimum atomic E-state index is -4.29. The highest BCUT2D eigenvalue weighted by Gasteiger charge is 2.30. The fraction of sp³-hybridized carbons (Fsp3) is 0.400. The number of nitrogens with zero attached hydrogens (tertiary/aromatic N) is 1. The van der Waals surface area contributed by atoms with Gasteiger partial charge in [-0.25, -0.2) is 4.98 Å². The quantitative estimate of drug-likeness (QED) is 0.766. The summed E-state index contributed by atoms with van der Waals surface area (Å²) in [5, 5.41) is 2.50. The molecule has 8 heteroatoms. The average molecular weight is 262 g/mol. The van der Waals surface area contributed by atoms with Crippen molar-refractivity contribution in [3.05, 3.63) is 17.8 Å². The molecule has 1 heterocycles. The van der Waals surface area contributed by atoms with Gasteiger partial charge in [0, 0.05) is 6.04 Å². The van der Waals surface area contributed by atoms with Crippen molar-refractivity contribution in [2.75, 3.05) is 11.1 Å². The minimum absolute atomic E-state index is 0.0167. The Morgan fingerprint density at radius 1 is 1.50 bits per heavy atom. The van der Waals surface area contributed by atoms with Gasteiger partial charge < -0.3 is 16.8 Å². The van der Waals surface area contributed by atoms with Gasteiger partial charge in [0.1, 0.15) is 11.5 Å². The van der Waals surface area contributed by atoms with Crippen LogP contribution in [0.1, 0.15) is 23.8 Å². The third kappa shape index (κ3) is 4.11. The monoisotopic (exact) mass is 262 g/mol. The molecule has 5 nitrogen and oxygen atoms in total. The van der Waals surface area contributed by atoms with Crippen LogP contribution in [0.2, 0.25) is 0 Å². The van der Waals surface area contributed by atoms with E-state index in [1.807, 2.05) is 0 Å². The smallest absolute Gasteiger partial charge is 0.391 e. The summed E-state index contributed by atoms with van der Waals surface area (Å²) in [4.78, 5) is 14.7. The number of halogens is 3. The molecule has 18 heavy (non-hydrogen) atoms. The summed E-state index contributed by atoms with van der Waals surface area (Å²) in [5.41, 5.74) is 10.6. The van der Waals surface area contributed by atoms with E-state index in [4.69, 9.17) is 11.5 Å². The van der Waals surface area contributed by atoms with Gasteiger partial charge in [0.2, 0.25) is 0 Å². The van der Waals surface area contributed by atoms with Crippen molar-refractivity contribution in [1.29, 1.82) is 0 Å². The molecule has 5 N–H and O–H groups in total. The Bertz CT molecular complexity index is 447. The van der Waals surface area contributed by atoms with Crippen LogP contribution in [0.25, 0.3) is 0 Å². The summed E-state index contributed by atoms with van der Waals surface area (Å²) >= 11 is 0. The Morgan fingerprint density at radius 3 is 2.61 bits per heavy atom. The zero-order valence-corrected chi connectivity index (χ0v) is 9.58. The van der Waals surface area contributed by atoms with E-state index >= 15 is 0 Å².